The minimum atomic E-state index is -0.0344. The molecule has 1 aliphatic carbocycles. The lowest BCUT2D eigenvalue weighted by atomic mass is 10.0. The molecule has 126 valence electrons. The van der Waals surface area contributed by atoms with E-state index >= 15 is 0 Å². The van der Waals surface area contributed by atoms with Crippen molar-refractivity contribution in [2.75, 3.05) is 31.8 Å². The number of imidazole rings is 1. The molecule has 1 aromatic carbocycles. The summed E-state index contributed by atoms with van der Waals surface area (Å²) in [4.78, 5) is 21.4. The molecule has 4 rings (SSSR count). The number of aromatic amines is 1. The zero-order valence-electron chi connectivity index (χ0n) is 13.9. The van der Waals surface area contributed by atoms with Gasteiger partial charge in [0, 0.05) is 48.9 Å². The van der Waals surface area contributed by atoms with Crippen LogP contribution >= 0.6 is 0 Å². The highest BCUT2D eigenvalue weighted by molar-refractivity contribution is 5.94. The highest BCUT2D eigenvalue weighted by Crippen LogP contribution is 2.64. The highest BCUT2D eigenvalue weighted by Gasteiger charge is 2.56. The number of fused-ring (bicyclic) bond motifs is 3. The fraction of sp³-hybridized carbons (Fsp3) is 0.444. The molecule has 0 bridgehead atoms. The minimum Gasteiger partial charge on any atom is -0.493 e. The molecular weight excluding hydrogens is 306 g/mol. The topological polar surface area (TPSA) is 67.5 Å². The second-order valence-corrected chi connectivity index (χ2v) is 6.31. The lowest BCUT2D eigenvalue weighted by molar-refractivity contribution is -0.122. The first-order valence-corrected chi connectivity index (χ1v) is 8.29. The number of likely N-dealkylation sites (N-methyl/N-ethyl adjacent to an activating group) is 1. The predicted molar refractivity (Wildman–Crippen MR) is 89.4 cm³/mol. The average Bonchev–Trinajstić information content (AvgIpc) is 3.08. The van der Waals surface area contributed by atoms with Gasteiger partial charge in [-0.2, -0.15) is 0 Å². The second-order valence-electron chi connectivity index (χ2n) is 6.31. The van der Waals surface area contributed by atoms with E-state index in [1.54, 1.807) is 11.2 Å². The van der Waals surface area contributed by atoms with E-state index in [-0.39, 0.29) is 12.5 Å². The summed E-state index contributed by atoms with van der Waals surface area (Å²) in [5.74, 6) is 2.19. The van der Waals surface area contributed by atoms with E-state index in [1.807, 2.05) is 25.3 Å². The van der Waals surface area contributed by atoms with Crippen LogP contribution in [0.25, 0.3) is 0 Å². The van der Waals surface area contributed by atoms with Crippen LogP contribution in [0.1, 0.15) is 30.0 Å². The van der Waals surface area contributed by atoms with Gasteiger partial charge in [-0.15, -0.1) is 0 Å². The summed E-state index contributed by atoms with van der Waals surface area (Å²) < 4.78 is 10.9. The first kappa shape index (κ1) is 15.2. The first-order valence-electron chi connectivity index (χ1n) is 8.29. The molecule has 0 radical (unpaired) electrons. The summed E-state index contributed by atoms with van der Waals surface area (Å²) in [6.07, 6.45) is 3.69. The van der Waals surface area contributed by atoms with Gasteiger partial charge >= 0.3 is 0 Å². The van der Waals surface area contributed by atoms with E-state index in [1.165, 1.54) is 12.7 Å². The highest BCUT2D eigenvalue weighted by atomic mass is 16.5. The Morgan fingerprint density at radius 3 is 3.04 bits per heavy atom. The van der Waals surface area contributed by atoms with Gasteiger partial charge in [0.25, 0.3) is 5.91 Å². The van der Waals surface area contributed by atoms with Crippen LogP contribution in [0, 0.1) is 5.92 Å². The van der Waals surface area contributed by atoms with Crippen molar-refractivity contribution in [3.05, 3.63) is 42.0 Å². The van der Waals surface area contributed by atoms with E-state index in [0.717, 1.165) is 23.7 Å². The Kier molecular flexibility index (Phi) is 3.76. The molecule has 1 aromatic heterocycles. The number of rotatable bonds is 5. The maximum atomic E-state index is 12.2. The average molecular weight is 327 g/mol. The monoisotopic (exact) mass is 327 g/mol. The summed E-state index contributed by atoms with van der Waals surface area (Å²) in [5.41, 5.74) is 3.17. The molecule has 3 atom stereocenters. The molecule has 6 nitrogen and oxygen atoms in total. The molecule has 2 heterocycles. The third-order valence-corrected chi connectivity index (χ3v) is 5.01. The quantitative estimate of drug-likeness (QED) is 0.915. The molecule has 1 saturated carbocycles. The Morgan fingerprint density at radius 2 is 2.33 bits per heavy atom. The van der Waals surface area contributed by atoms with Crippen LogP contribution in [0.3, 0.4) is 0 Å². The molecule has 0 spiro atoms. The number of amides is 1. The van der Waals surface area contributed by atoms with Crippen LogP contribution < -0.4 is 9.64 Å². The number of carbonyl (C=O) groups excluding carboxylic acids is 1. The lowest BCUT2D eigenvalue weighted by Gasteiger charge is -2.23. The molecule has 1 amide bonds. The second kappa shape index (κ2) is 5.94. The Hall–Kier alpha value is -2.34. The molecule has 1 unspecified atom stereocenters. The van der Waals surface area contributed by atoms with Crippen molar-refractivity contribution in [1.29, 1.82) is 0 Å². The Labute approximate surface area is 140 Å². The number of aromatic nitrogens is 2. The number of H-pyrrole nitrogens is 1. The van der Waals surface area contributed by atoms with Crippen LogP contribution in [-0.4, -0.2) is 42.7 Å². The van der Waals surface area contributed by atoms with Crippen LogP contribution in [0.2, 0.25) is 0 Å². The number of methoxy groups -OCH3 is 1. The van der Waals surface area contributed by atoms with Crippen molar-refractivity contribution < 1.29 is 14.3 Å². The summed E-state index contributed by atoms with van der Waals surface area (Å²) in [6, 6.07) is 6.02. The number of ether oxygens (including phenoxy) is 2. The van der Waals surface area contributed by atoms with Crippen molar-refractivity contribution in [2.45, 2.75) is 18.8 Å². The lowest BCUT2D eigenvalue weighted by Crippen LogP contribution is -2.33. The molecule has 1 fully saturated rings. The third kappa shape index (κ3) is 2.38. The normalized spacial score (nSPS) is 23.8. The standard InChI is InChI=1S/C18H21N3O3/c1-3-21(16(22)9-23-2)11-4-5-15-12(6-11)17-13(8-24-15)18(17)14-7-19-10-20-14/h4-7,10,13,17-18H,3,8-9H2,1-2H3,(H,19,20)/t13-,17+,18?/m0/s1. The minimum absolute atomic E-state index is 0.0344. The molecular formula is C18H21N3O3. The SMILES string of the molecule is CCN(C(=O)COC)c1ccc2c(c1)[C@H]1C(c3c[nH]cn3)[C@H]1CO2. The number of benzene rings is 1. The van der Waals surface area contributed by atoms with Crippen molar-refractivity contribution in [3.63, 3.8) is 0 Å². The smallest absolute Gasteiger partial charge is 0.252 e. The van der Waals surface area contributed by atoms with E-state index in [0.29, 0.717) is 24.3 Å². The zero-order chi connectivity index (χ0) is 16.7. The molecule has 24 heavy (non-hydrogen) atoms. The fourth-order valence-electron chi connectivity index (χ4n) is 3.85. The third-order valence-electron chi connectivity index (χ3n) is 5.01. The van der Waals surface area contributed by atoms with Gasteiger partial charge in [0.2, 0.25) is 0 Å². The zero-order valence-corrected chi connectivity index (χ0v) is 13.9. The van der Waals surface area contributed by atoms with Crippen LogP contribution in [0.4, 0.5) is 5.69 Å². The molecule has 1 N–H and O–H groups in total. The number of carbonyl (C=O) groups is 1. The molecule has 6 heteroatoms. The van der Waals surface area contributed by atoms with E-state index in [2.05, 4.69) is 16.0 Å². The summed E-state index contributed by atoms with van der Waals surface area (Å²) in [5, 5.41) is 0. The number of hydrogen-bond donors (Lipinski definition) is 1. The van der Waals surface area contributed by atoms with Gasteiger partial charge in [-0.05, 0) is 25.1 Å². The van der Waals surface area contributed by atoms with Gasteiger partial charge in [-0.25, -0.2) is 4.98 Å². The maximum absolute atomic E-state index is 12.2. The fourth-order valence-corrected chi connectivity index (χ4v) is 3.85. The summed E-state index contributed by atoms with van der Waals surface area (Å²) in [7, 11) is 1.54. The Morgan fingerprint density at radius 1 is 1.46 bits per heavy atom. The van der Waals surface area contributed by atoms with Crippen LogP contribution in [0.15, 0.2) is 30.7 Å². The van der Waals surface area contributed by atoms with Gasteiger partial charge < -0.3 is 19.4 Å². The summed E-state index contributed by atoms with van der Waals surface area (Å²) in [6.45, 7) is 3.40. The van der Waals surface area contributed by atoms with Gasteiger partial charge in [0.15, 0.2) is 0 Å². The largest absolute Gasteiger partial charge is 0.493 e. The molecule has 2 aromatic rings. The number of nitrogens with zero attached hydrogens (tertiary/aromatic N) is 2. The van der Waals surface area contributed by atoms with Gasteiger partial charge in [0.05, 0.1) is 18.6 Å². The number of nitrogens with one attached hydrogen (secondary N) is 1. The van der Waals surface area contributed by atoms with Gasteiger partial charge in [0.1, 0.15) is 12.4 Å². The Balaban J connectivity index is 1.64. The van der Waals surface area contributed by atoms with Crippen molar-refractivity contribution in [1.82, 2.24) is 9.97 Å². The maximum Gasteiger partial charge on any atom is 0.252 e. The van der Waals surface area contributed by atoms with Crippen molar-refractivity contribution in [2.24, 2.45) is 5.92 Å². The number of anilines is 1. The first-order chi connectivity index (χ1) is 11.7. The van der Waals surface area contributed by atoms with Crippen LogP contribution in [-0.2, 0) is 9.53 Å². The van der Waals surface area contributed by atoms with Crippen molar-refractivity contribution >= 4 is 11.6 Å². The Bertz CT molecular complexity index is 744. The van der Waals surface area contributed by atoms with Crippen molar-refractivity contribution in [3.8, 4) is 5.75 Å². The molecule has 2 aliphatic rings. The van der Waals surface area contributed by atoms with Gasteiger partial charge in [-0.1, -0.05) is 0 Å². The molecule has 1 aliphatic heterocycles. The predicted octanol–water partition coefficient (Wildman–Crippen LogP) is 2.30. The van der Waals surface area contributed by atoms with Gasteiger partial charge in [-0.3, -0.25) is 4.79 Å². The van der Waals surface area contributed by atoms with E-state index < -0.39 is 0 Å². The van der Waals surface area contributed by atoms with E-state index in [4.69, 9.17) is 9.47 Å². The van der Waals surface area contributed by atoms with E-state index in [9.17, 15) is 4.79 Å². The molecule has 0 saturated heterocycles. The summed E-state index contributed by atoms with van der Waals surface area (Å²) >= 11 is 0. The number of hydrogen-bond acceptors (Lipinski definition) is 4. The van der Waals surface area contributed by atoms with Crippen LogP contribution in [0.5, 0.6) is 5.75 Å².